The summed E-state index contributed by atoms with van der Waals surface area (Å²) in [6.45, 7) is 0. The lowest BCUT2D eigenvalue weighted by Gasteiger charge is -2.20. The van der Waals surface area contributed by atoms with E-state index in [2.05, 4.69) is 12.1 Å². The van der Waals surface area contributed by atoms with E-state index < -0.39 is 0 Å². The molecule has 0 heterocycles. The summed E-state index contributed by atoms with van der Waals surface area (Å²) in [6.07, 6.45) is 0. The van der Waals surface area contributed by atoms with Crippen molar-refractivity contribution in [2.45, 2.75) is 11.8 Å². The quantitative estimate of drug-likeness (QED) is 0.681. The molecule has 3 aromatic carbocycles. The number of carbonyl (C=O) groups is 1. The van der Waals surface area contributed by atoms with E-state index in [0.717, 1.165) is 16.7 Å². The Bertz CT molecular complexity index is 932. The topological polar surface area (TPSA) is 35.5 Å². The van der Waals surface area contributed by atoms with E-state index >= 15 is 0 Å². The van der Waals surface area contributed by atoms with Crippen molar-refractivity contribution in [3.05, 3.63) is 95.1 Å². The standard InChI is InChI=1S/C23H20O3/c1-25-19-13-17-18(14-20(19)26-2)23(24)22(16-11-7-4-8-12-16)21(17)15-9-5-3-6-10-15/h3-14,21-22H,1-2H3/t21-,22-/m0/s1. The molecule has 0 radical (unpaired) electrons. The Balaban J connectivity index is 1.94. The van der Waals surface area contributed by atoms with Crippen LogP contribution in [0.4, 0.5) is 0 Å². The van der Waals surface area contributed by atoms with Crippen LogP contribution in [-0.4, -0.2) is 20.0 Å². The molecule has 0 unspecified atom stereocenters. The molecule has 0 aromatic heterocycles. The number of methoxy groups -OCH3 is 2. The van der Waals surface area contributed by atoms with Crippen LogP contribution in [-0.2, 0) is 0 Å². The molecular weight excluding hydrogens is 324 g/mol. The fourth-order valence-corrected chi connectivity index (χ4v) is 3.90. The first-order chi connectivity index (χ1) is 12.7. The molecule has 26 heavy (non-hydrogen) atoms. The first-order valence-corrected chi connectivity index (χ1v) is 8.64. The van der Waals surface area contributed by atoms with Crippen molar-refractivity contribution in [2.24, 2.45) is 0 Å². The summed E-state index contributed by atoms with van der Waals surface area (Å²) < 4.78 is 10.9. The zero-order valence-electron chi connectivity index (χ0n) is 14.8. The molecule has 130 valence electrons. The second-order valence-corrected chi connectivity index (χ2v) is 6.44. The lowest BCUT2D eigenvalue weighted by Crippen LogP contribution is -2.12. The number of hydrogen-bond acceptors (Lipinski definition) is 3. The largest absolute Gasteiger partial charge is 0.493 e. The van der Waals surface area contributed by atoms with Crippen LogP contribution < -0.4 is 9.47 Å². The highest BCUT2D eigenvalue weighted by Gasteiger charge is 2.42. The van der Waals surface area contributed by atoms with Crippen LogP contribution >= 0.6 is 0 Å². The van der Waals surface area contributed by atoms with Crippen LogP contribution in [0.3, 0.4) is 0 Å². The minimum absolute atomic E-state index is 0.0408. The summed E-state index contributed by atoms with van der Waals surface area (Å²) in [7, 11) is 3.21. The minimum Gasteiger partial charge on any atom is -0.493 e. The molecule has 0 bridgehead atoms. The Morgan fingerprint density at radius 2 is 1.19 bits per heavy atom. The monoisotopic (exact) mass is 344 g/mol. The van der Waals surface area contributed by atoms with E-state index in [1.165, 1.54) is 0 Å². The maximum Gasteiger partial charge on any atom is 0.171 e. The highest BCUT2D eigenvalue weighted by Crippen LogP contribution is 2.50. The lowest BCUT2D eigenvalue weighted by atomic mass is 9.81. The van der Waals surface area contributed by atoms with Crippen molar-refractivity contribution >= 4 is 5.78 Å². The van der Waals surface area contributed by atoms with Gasteiger partial charge in [0, 0.05) is 11.5 Å². The molecule has 0 N–H and O–H groups in total. The highest BCUT2D eigenvalue weighted by atomic mass is 16.5. The van der Waals surface area contributed by atoms with E-state index in [0.29, 0.717) is 17.1 Å². The molecule has 2 atom stereocenters. The second kappa shape index (κ2) is 6.68. The molecule has 1 aliphatic carbocycles. The summed E-state index contributed by atoms with van der Waals surface area (Å²) in [6, 6.07) is 23.9. The summed E-state index contributed by atoms with van der Waals surface area (Å²) in [5.41, 5.74) is 3.86. The van der Waals surface area contributed by atoms with Crippen LogP contribution in [0.15, 0.2) is 72.8 Å². The number of ether oxygens (including phenoxy) is 2. The van der Waals surface area contributed by atoms with Gasteiger partial charge in [-0.05, 0) is 28.8 Å². The predicted octanol–water partition coefficient (Wildman–Crippen LogP) is 4.82. The minimum atomic E-state index is -0.245. The third-order valence-electron chi connectivity index (χ3n) is 5.09. The number of ketones is 1. The van der Waals surface area contributed by atoms with Crippen LogP contribution in [0, 0.1) is 0 Å². The van der Waals surface area contributed by atoms with Gasteiger partial charge in [0.2, 0.25) is 0 Å². The zero-order valence-corrected chi connectivity index (χ0v) is 14.8. The summed E-state index contributed by atoms with van der Waals surface area (Å²) in [5, 5.41) is 0. The molecule has 0 saturated heterocycles. The van der Waals surface area contributed by atoms with Gasteiger partial charge in [0.15, 0.2) is 17.3 Å². The van der Waals surface area contributed by atoms with Gasteiger partial charge in [0.05, 0.1) is 20.1 Å². The van der Waals surface area contributed by atoms with Crippen LogP contribution in [0.5, 0.6) is 11.5 Å². The smallest absolute Gasteiger partial charge is 0.171 e. The maximum absolute atomic E-state index is 13.4. The van der Waals surface area contributed by atoms with Crippen molar-refractivity contribution in [1.82, 2.24) is 0 Å². The second-order valence-electron chi connectivity index (χ2n) is 6.44. The zero-order chi connectivity index (χ0) is 18.1. The number of rotatable bonds is 4. The maximum atomic E-state index is 13.4. The van der Waals surface area contributed by atoms with Gasteiger partial charge in [-0.2, -0.15) is 0 Å². The Morgan fingerprint density at radius 3 is 1.73 bits per heavy atom. The lowest BCUT2D eigenvalue weighted by molar-refractivity contribution is 0.0968. The van der Waals surface area contributed by atoms with E-state index in [1.807, 2.05) is 60.7 Å². The Morgan fingerprint density at radius 1 is 0.692 bits per heavy atom. The Hall–Kier alpha value is -3.07. The molecule has 0 fully saturated rings. The fraction of sp³-hybridized carbons (Fsp3) is 0.174. The third kappa shape index (κ3) is 2.57. The molecule has 3 nitrogen and oxygen atoms in total. The van der Waals surface area contributed by atoms with Gasteiger partial charge in [0.1, 0.15) is 0 Å². The van der Waals surface area contributed by atoms with Crippen LogP contribution in [0.1, 0.15) is 38.9 Å². The van der Waals surface area contributed by atoms with Gasteiger partial charge in [-0.1, -0.05) is 60.7 Å². The number of fused-ring (bicyclic) bond motifs is 1. The average molecular weight is 344 g/mol. The highest BCUT2D eigenvalue weighted by molar-refractivity contribution is 6.07. The van der Waals surface area contributed by atoms with Gasteiger partial charge in [0.25, 0.3) is 0 Å². The molecule has 0 spiro atoms. The number of benzene rings is 3. The van der Waals surface area contributed by atoms with E-state index in [9.17, 15) is 4.79 Å². The SMILES string of the molecule is COc1cc2c(cc1OC)[C@H](c1ccccc1)[C@H](c1ccccc1)C2=O. The van der Waals surface area contributed by atoms with Crippen molar-refractivity contribution in [1.29, 1.82) is 0 Å². The molecule has 0 amide bonds. The number of carbonyl (C=O) groups excluding carboxylic acids is 1. The molecule has 4 rings (SSSR count). The van der Waals surface area contributed by atoms with Crippen molar-refractivity contribution in [2.75, 3.05) is 14.2 Å². The first-order valence-electron chi connectivity index (χ1n) is 8.64. The van der Waals surface area contributed by atoms with Crippen LogP contribution in [0.2, 0.25) is 0 Å². The normalized spacial score (nSPS) is 18.5. The third-order valence-corrected chi connectivity index (χ3v) is 5.09. The molecule has 3 heteroatoms. The number of Topliss-reactive ketones (excluding diaryl/α,β-unsaturated/α-hetero) is 1. The summed E-state index contributed by atoms with van der Waals surface area (Å²) in [4.78, 5) is 13.4. The van der Waals surface area contributed by atoms with Crippen molar-refractivity contribution in [3.8, 4) is 11.5 Å². The van der Waals surface area contributed by atoms with Gasteiger partial charge < -0.3 is 9.47 Å². The van der Waals surface area contributed by atoms with Gasteiger partial charge in [-0.3, -0.25) is 4.79 Å². The van der Waals surface area contributed by atoms with Gasteiger partial charge in [-0.25, -0.2) is 0 Å². The van der Waals surface area contributed by atoms with Gasteiger partial charge in [-0.15, -0.1) is 0 Å². The van der Waals surface area contributed by atoms with E-state index in [1.54, 1.807) is 14.2 Å². The van der Waals surface area contributed by atoms with Crippen LogP contribution in [0.25, 0.3) is 0 Å². The first kappa shape index (κ1) is 16.4. The fourth-order valence-electron chi connectivity index (χ4n) is 3.90. The molecule has 1 aliphatic rings. The Labute approximate surface area is 153 Å². The summed E-state index contributed by atoms with van der Waals surface area (Å²) in [5.74, 6) is 1.07. The molecular formula is C23H20O3. The molecule has 0 aliphatic heterocycles. The Kier molecular flexibility index (Phi) is 4.21. The summed E-state index contributed by atoms with van der Waals surface area (Å²) >= 11 is 0. The van der Waals surface area contributed by atoms with E-state index in [4.69, 9.17) is 9.47 Å². The average Bonchev–Trinajstić information content (AvgIpc) is 2.99. The number of hydrogen-bond donors (Lipinski definition) is 0. The molecule has 0 saturated carbocycles. The van der Waals surface area contributed by atoms with Crippen molar-refractivity contribution < 1.29 is 14.3 Å². The van der Waals surface area contributed by atoms with Crippen molar-refractivity contribution in [3.63, 3.8) is 0 Å². The predicted molar refractivity (Wildman–Crippen MR) is 101 cm³/mol. The molecule has 3 aromatic rings. The van der Waals surface area contributed by atoms with Gasteiger partial charge >= 0.3 is 0 Å². The van der Waals surface area contributed by atoms with E-state index in [-0.39, 0.29) is 17.6 Å².